The number of halogens is 2. The molecule has 1 saturated heterocycles. The maximum absolute atomic E-state index is 14.4. The first-order valence-corrected chi connectivity index (χ1v) is 7.52. The first kappa shape index (κ1) is 16.3. The third kappa shape index (κ3) is 3.51. The second-order valence-corrected chi connectivity index (χ2v) is 5.42. The van der Waals surface area contributed by atoms with E-state index in [2.05, 4.69) is 15.6 Å². The van der Waals surface area contributed by atoms with Crippen LogP contribution in [0.15, 0.2) is 18.3 Å². The summed E-state index contributed by atoms with van der Waals surface area (Å²) in [4.78, 5) is 12.5. The molecular formula is C15H17F2N5O2. The van der Waals surface area contributed by atoms with E-state index in [-0.39, 0.29) is 23.8 Å². The van der Waals surface area contributed by atoms with Crippen LogP contribution in [0.3, 0.4) is 0 Å². The van der Waals surface area contributed by atoms with Gasteiger partial charge in [0.1, 0.15) is 11.4 Å². The Hall–Kier alpha value is -2.55. The first-order chi connectivity index (χ1) is 11.5. The van der Waals surface area contributed by atoms with Gasteiger partial charge in [0.25, 0.3) is 0 Å². The van der Waals surface area contributed by atoms with Crippen molar-refractivity contribution in [3.05, 3.63) is 35.7 Å². The number of hydrogen-bond donors (Lipinski definition) is 1. The Bertz CT molecular complexity index is 720. The molecule has 24 heavy (non-hydrogen) atoms. The van der Waals surface area contributed by atoms with Gasteiger partial charge in [0.15, 0.2) is 11.6 Å². The molecule has 9 heteroatoms. The van der Waals surface area contributed by atoms with E-state index in [1.54, 1.807) is 4.90 Å². The highest BCUT2D eigenvalue weighted by atomic mass is 19.1. The number of ether oxygens (including phenoxy) is 1. The fraction of sp³-hybridized carbons (Fsp3) is 0.400. The third-order valence-electron chi connectivity index (χ3n) is 3.65. The number of carbonyl (C=O) groups excluding carboxylic acids is 1. The van der Waals surface area contributed by atoms with Gasteiger partial charge in [-0.05, 0) is 0 Å². The van der Waals surface area contributed by atoms with E-state index >= 15 is 0 Å². The summed E-state index contributed by atoms with van der Waals surface area (Å²) in [6.07, 6.45) is 1.51. The Morgan fingerprint density at radius 3 is 2.58 bits per heavy atom. The molecule has 1 aliphatic rings. The molecule has 2 heterocycles. The molecule has 0 bridgehead atoms. The lowest BCUT2D eigenvalue weighted by Crippen LogP contribution is -2.37. The molecule has 3 rings (SSSR count). The van der Waals surface area contributed by atoms with Gasteiger partial charge in [-0.2, -0.15) is 0 Å². The van der Waals surface area contributed by atoms with Gasteiger partial charge in [0.05, 0.1) is 31.6 Å². The van der Waals surface area contributed by atoms with Gasteiger partial charge in [-0.15, -0.1) is 5.10 Å². The summed E-state index contributed by atoms with van der Waals surface area (Å²) in [7, 11) is 0. The van der Waals surface area contributed by atoms with E-state index < -0.39 is 11.6 Å². The summed E-state index contributed by atoms with van der Waals surface area (Å²) in [5.41, 5.74) is 0.660. The standard InChI is InChI=1S/C15H17F2N5O2/c1-10(23)18-8-11-9-22(20-19-11)12-6-13(16)15(14(17)7-12)21-2-4-24-5-3-21/h6-7,9H,2-5,8H2,1H3,(H,18,23). The molecule has 1 fully saturated rings. The number of carbonyl (C=O) groups is 1. The summed E-state index contributed by atoms with van der Waals surface area (Å²) in [6.45, 7) is 3.35. The van der Waals surface area contributed by atoms with Crippen LogP contribution in [0.4, 0.5) is 14.5 Å². The van der Waals surface area contributed by atoms with Crippen molar-refractivity contribution in [2.75, 3.05) is 31.2 Å². The molecule has 0 aliphatic carbocycles. The monoisotopic (exact) mass is 337 g/mol. The SMILES string of the molecule is CC(=O)NCc1cn(-c2cc(F)c(N3CCOCC3)c(F)c2)nn1. The van der Waals surface area contributed by atoms with E-state index in [4.69, 9.17) is 4.74 Å². The van der Waals surface area contributed by atoms with Crippen LogP contribution in [0, 0.1) is 11.6 Å². The lowest BCUT2D eigenvalue weighted by atomic mass is 10.2. The second-order valence-electron chi connectivity index (χ2n) is 5.42. The number of nitrogens with zero attached hydrogens (tertiary/aromatic N) is 4. The van der Waals surface area contributed by atoms with Gasteiger partial charge >= 0.3 is 0 Å². The van der Waals surface area contributed by atoms with Gasteiger partial charge in [0, 0.05) is 32.1 Å². The van der Waals surface area contributed by atoms with E-state index in [1.807, 2.05) is 0 Å². The smallest absolute Gasteiger partial charge is 0.217 e. The minimum absolute atomic E-state index is 0.0550. The molecule has 0 atom stereocenters. The van der Waals surface area contributed by atoms with E-state index in [9.17, 15) is 13.6 Å². The topological polar surface area (TPSA) is 72.3 Å². The molecule has 0 unspecified atom stereocenters. The molecule has 7 nitrogen and oxygen atoms in total. The molecule has 0 spiro atoms. The van der Waals surface area contributed by atoms with Crippen molar-refractivity contribution >= 4 is 11.6 Å². The van der Waals surface area contributed by atoms with E-state index in [1.165, 1.54) is 29.9 Å². The van der Waals surface area contributed by atoms with Crippen molar-refractivity contribution in [2.24, 2.45) is 0 Å². The van der Waals surface area contributed by atoms with Crippen LogP contribution in [0.25, 0.3) is 5.69 Å². The fourth-order valence-electron chi connectivity index (χ4n) is 2.49. The molecule has 1 amide bonds. The Morgan fingerprint density at radius 1 is 1.29 bits per heavy atom. The molecule has 128 valence electrons. The van der Waals surface area contributed by atoms with Gasteiger partial charge in [-0.3, -0.25) is 4.79 Å². The lowest BCUT2D eigenvalue weighted by Gasteiger charge is -2.29. The van der Waals surface area contributed by atoms with Crippen LogP contribution in [0.2, 0.25) is 0 Å². The summed E-state index contributed by atoms with van der Waals surface area (Å²) >= 11 is 0. The zero-order valence-corrected chi connectivity index (χ0v) is 13.1. The van der Waals surface area contributed by atoms with Crippen LogP contribution < -0.4 is 10.2 Å². The lowest BCUT2D eigenvalue weighted by molar-refractivity contribution is -0.119. The molecule has 2 aromatic rings. The van der Waals surface area contributed by atoms with Crippen molar-refractivity contribution in [2.45, 2.75) is 13.5 Å². The quantitative estimate of drug-likeness (QED) is 0.902. The minimum atomic E-state index is -0.661. The van der Waals surface area contributed by atoms with Crippen molar-refractivity contribution < 1.29 is 18.3 Å². The molecule has 1 aromatic carbocycles. The average molecular weight is 337 g/mol. The minimum Gasteiger partial charge on any atom is -0.378 e. The van der Waals surface area contributed by atoms with Crippen molar-refractivity contribution in [1.29, 1.82) is 0 Å². The summed E-state index contributed by atoms with van der Waals surface area (Å²) in [5.74, 6) is -1.52. The number of benzene rings is 1. The van der Waals surface area contributed by atoms with Crippen molar-refractivity contribution in [3.63, 3.8) is 0 Å². The third-order valence-corrected chi connectivity index (χ3v) is 3.65. The Balaban J connectivity index is 1.83. The van der Waals surface area contributed by atoms with Gasteiger partial charge in [-0.1, -0.05) is 5.21 Å². The first-order valence-electron chi connectivity index (χ1n) is 7.52. The zero-order valence-electron chi connectivity index (χ0n) is 13.1. The summed E-state index contributed by atoms with van der Waals surface area (Å²) in [5, 5.41) is 10.3. The molecule has 0 radical (unpaired) electrons. The zero-order chi connectivity index (χ0) is 17.1. The number of nitrogens with one attached hydrogen (secondary N) is 1. The largest absolute Gasteiger partial charge is 0.378 e. The number of anilines is 1. The van der Waals surface area contributed by atoms with E-state index in [0.29, 0.717) is 32.0 Å². The van der Waals surface area contributed by atoms with Crippen molar-refractivity contribution in [3.8, 4) is 5.69 Å². The Morgan fingerprint density at radius 2 is 1.96 bits per heavy atom. The molecule has 0 saturated carbocycles. The maximum Gasteiger partial charge on any atom is 0.217 e. The Kier molecular flexibility index (Phi) is 4.70. The highest BCUT2D eigenvalue weighted by Gasteiger charge is 2.21. The molecule has 1 aromatic heterocycles. The van der Waals surface area contributed by atoms with Crippen LogP contribution in [0.1, 0.15) is 12.6 Å². The average Bonchev–Trinajstić information content (AvgIpc) is 3.02. The van der Waals surface area contributed by atoms with Crippen LogP contribution in [-0.4, -0.2) is 47.2 Å². The number of rotatable bonds is 4. The molecule has 1 aliphatic heterocycles. The van der Waals surface area contributed by atoms with Crippen molar-refractivity contribution in [1.82, 2.24) is 20.3 Å². The van der Waals surface area contributed by atoms with Gasteiger partial charge in [0.2, 0.25) is 5.91 Å². The van der Waals surface area contributed by atoms with Crippen LogP contribution in [0.5, 0.6) is 0 Å². The number of aromatic nitrogens is 3. The summed E-state index contributed by atoms with van der Waals surface area (Å²) < 4.78 is 35.3. The fourth-order valence-corrected chi connectivity index (χ4v) is 2.49. The number of hydrogen-bond acceptors (Lipinski definition) is 5. The maximum atomic E-state index is 14.4. The van der Waals surface area contributed by atoms with Gasteiger partial charge < -0.3 is 15.0 Å². The number of amides is 1. The highest BCUT2D eigenvalue weighted by Crippen LogP contribution is 2.27. The van der Waals surface area contributed by atoms with Gasteiger partial charge in [-0.25, -0.2) is 13.5 Å². The van der Waals surface area contributed by atoms with E-state index in [0.717, 1.165) is 0 Å². The summed E-state index contributed by atoms with van der Waals surface area (Å²) in [6, 6.07) is 2.43. The van der Waals surface area contributed by atoms with Crippen LogP contribution in [-0.2, 0) is 16.1 Å². The van der Waals surface area contributed by atoms with Crippen LogP contribution >= 0.6 is 0 Å². The molecule has 1 N–H and O–H groups in total. The Labute approximate surface area is 137 Å². The normalized spacial score (nSPS) is 14.7. The predicted octanol–water partition coefficient (Wildman–Crippen LogP) is 1.02. The number of morpholine rings is 1. The predicted molar refractivity (Wildman–Crippen MR) is 81.8 cm³/mol. The molecular weight excluding hydrogens is 320 g/mol. The highest BCUT2D eigenvalue weighted by molar-refractivity contribution is 5.72. The second kappa shape index (κ2) is 6.91.